The number of nitro groups is 1. The van der Waals surface area contributed by atoms with Gasteiger partial charge in [-0.15, -0.1) is 0 Å². The summed E-state index contributed by atoms with van der Waals surface area (Å²) in [5.41, 5.74) is 0.957. The van der Waals surface area contributed by atoms with Gasteiger partial charge in [-0.05, 0) is 29.2 Å². The van der Waals surface area contributed by atoms with Crippen LogP contribution in [0, 0.1) is 10.1 Å². The maximum absolute atomic E-state index is 12.5. The Hall–Kier alpha value is -3.09. The van der Waals surface area contributed by atoms with Crippen molar-refractivity contribution < 1.29 is 19.6 Å². The molecule has 0 atom stereocenters. The largest absolute Gasteiger partial charge is 0.507 e. The molecule has 0 aromatic heterocycles. The van der Waals surface area contributed by atoms with Crippen LogP contribution in [0.15, 0.2) is 36.4 Å². The van der Waals surface area contributed by atoms with E-state index in [4.69, 9.17) is 4.74 Å². The van der Waals surface area contributed by atoms with Gasteiger partial charge in [0, 0.05) is 6.07 Å². The predicted molar refractivity (Wildman–Crippen MR) is 94.4 cm³/mol. The molecular weight excluding hydrogens is 324 g/mol. The van der Waals surface area contributed by atoms with Crippen molar-refractivity contribution in [1.29, 1.82) is 0 Å². The Balaban J connectivity index is 2.36. The van der Waals surface area contributed by atoms with Crippen LogP contribution in [-0.2, 0) is 5.41 Å². The summed E-state index contributed by atoms with van der Waals surface area (Å²) in [5.74, 6) is -0.517. The quantitative estimate of drug-likeness (QED) is 0.648. The molecule has 132 valence electrons. The van der Waals surface area contributed by atoms with E-state index >= 15 is 0 Å². The van der Waals surface area contributed by atoms with Gasteiger partial charge >= 0.3 is 0 Å². The minimum Gasteiger partial charge on any atom is -0.507 e. The van der Waals surface area contributed by atoms with Crippen LogP contribution in [0.5, 0.6) is 11.5 Å². The molecule has 0 aliphatic rings. The Morgan fingerprint density at radius 3 is 2.44 bits per heavy atom. The van der Waals surface area contributed by atoms with E-state index < -0.39 is 10.8 Å². The first-order valence-corrected chi connectivity index (χ1v) is 7.60. The van der Waals surface area contributed by atoms with Crippen LogP contribution in [0.4, 0.5) is 11.4 Å². The topological polar surface area (TPSA) is 102 Å². The Kier molecular flexibility index (Phi) is 4.97. The predicted octanol–water partition coefficient (Wildman–Crippen LogP) is 3.86. The molecule has 2 rings (SSSR count). The molecule has 0 heterocycles. The molecule has 0 radical (unpaired) electrons. The number of carbonyl (C=O) groups excluding carboxylic acids is 1. The van der Waals surface area contributed by atoms with E-state index in [0.29, 0.717) is 0 Å². The summed E-state index contributed by atoms with van der Waals surface area (Å²) in [6, 6.07) is 8.74. The number of rotatable bonds is 4. The highest BCUT2D eigenvalue weighted by Crippen LogP contribution is 2.31. The molecule has 0 saturated heterocycles. The molecule has 0 fully saturated rings. The molecule has 7 nitrogen and oxygen atoms in total. The Morgan fingerprint density at radius 2 is 1.88 bits per heavy atom. The van der Waals surface area contributed by atoms with Gasteiger partial charge in [0.25, 0.3) is 11.6 Å². The summed E-state index contributed by atoms with van der Waals surface area (Å²) in [6.45, 7) is 6.00. The maximum atomic E-state index is 12.5. The summed E-state index contributed by atoms with van der Waals surface area (Å²) in [6.07, 6.45) is 0. The maximum Gasteiger partial charge on any atom is 0.273 e. The molecular formula is C18H20N2O5. The number of aromatic hydroxyl groups is 1. The number of nitrogens with one attached hydrogen (secondary N) is 1. The average molecular weight is 344 g/mol. The van der Waals surface area contributed by atoms with Gasteiger partial charge in [-0.3, -0.25) is 14.9 Å². The van der Waals surface area contributed by atoms with Crippen molar-refractivity contribution in [2.45, 2.75) is 26.2 Å². The number of amides is 1. The van der Waals surface area contributed by atoms with Gasteiger partial charge in [0.2, 0.25) is 0 Å². The van der Waals surface area contributed by atoms with Gasteiger partial charge in [0.05, 0.1) is 29.4 Å². The van der Waals surface area contributed by atoms with Crippen molar-refractivity contribution in [3.05, 3.63) is 57.6 Å². The van der Waals surface area contributed by atoms with Crippen molar-refractivity contribution in [2.24, 2.45) is 0 Å². The SMILES string of the molecule is COc1cc([N+](=O)[O-])ccc1NC(=O)c1cc(C(C)(C)C)ccc1O. The van der Waals surface area contributed by atoms with Gasteiger partial charge in [-0.1, -0.05) is 26.8 Å². The van der Waals surface area contributed by atoms with Gasteiger partial charge < -0.3 is 15.2 Å². The molecule has 0 aliphatic heterocycles. The zero-order valence-corrected chi connectivity index (χ0v) is 14.5. The average Bonchev–Trinajstić information content (AvgIpc) is 2.54. The number of ether oxygens (including phenoxy) is 1. The van der Waals surface area contributed by atoms with Crippen molar-refractivity contribution in [3.8, 4) is 11.5 Å². The highest BCUT2D eigenvalue weighted by molar-refractivity contribution is 6.07. The normalized spacial score (nSPS) is 11.0. The number of non-ortho nitro benzene ring substituents is 1. The fourth-order valence-electron chi connectivity index (χ4n) is 2.27. The minimum atomic E-state index is -0.549. The monoisotopic (exact) mass is 344 g/mol. The molecule has 0 spiro atoms. The lowest BCUT2D eigenvalue weighted by Crippen LogP contribution is -2.16. The van der Waals surface area contributed by atoms with E-state index in [1.165, 1.54) is 31.4 Å². The zero-order chi connectivity index (χ0) is 18.8. The number of phenols is 1. The van der Waals surface area contributed by atoms with Crippen LogP contribution in [0.3, 0.4) is 0 Å². The summed E-state index contributed by atoms with van der Waals surface area (Å²) in [7, 11) is 1.35. The summed E-state index contributed by atoms with van der Waals surface area (Å²) < 4.78 is 5.10. The van der Waals surface area contributed by atoms with E-state index in [1.54, 1.807) is 12.1 Å². The number of hydrogen-bond donors (Lipinski definition) is 2. The number of methoxy groups -OCH3 is 1. The number of hydrogen-bond acceptors (Lipinski definition) is 5. The molecule has 2 aromatic rings. The van der Waals surface area contributed by atoms with E-state index in [-0.39, 0.29) is 33.9 Å². The number of nitro benzene ring substituents is 1. The zero-order valence-electron chi connectivity index (χ0n) is 14.5. The molecule has 2 N–H and O–H groups in total. The lowest BCUT2D eigenvalue weighted by Gasteiger charge is -2.20. The fourth-order valence-corrected chi connectivity index (χ4v) is 2.27. The lowest BCUT2D eigenvalue weighted by molar-refractivity contribution is -0.384. The number of carbonyl (C=O) groups is 1. The van der Waals surface area contributed by atoms with E-state index in [1.807, 2.05) is 20.8 Å². The van der Waals surface area contributed by atoms with E-state index in [2.05, 4.69) is 5.32 Å². The second kappa shape index (κ2) is 6.80. The van der Waals surface area contributed by atoms with E-state index in [0.717, 1.165) is 5.56 Å². The summed E-state index contributed by atoms with van der Waals surface area (Å²) in [5, 5.41) is 23.5. The van der Waals surface area contributed by atoms with Crippen LogP contribution in [0.1, 0.15) is 36.7 Å². The second-order valence-electron chi connectivity index (χ2n) is 6.58. The minimum absolute atomic E-state index is 0.118. The highest BCUT2D eigenvalue weighted by atomic mass is 16.6. The summed E-state index contributed by atoms with van der Waals surface area (Å²) >= 11 is 0. The first kappa shape index (κ1) is 18.3. The number of anilines is 1. The Bertz CT molecular complexity index is 825. The third kappa shape index (κ3) is 4.06. The smallest absolute Gasteiger partial charge is 0.273 e. The highest BCUT2D eigenvalue weighted by Gasteiger charge is 2.20. The van der Waals surface area contributed by atoms with Gasteiger partial charge in [0.1, 0.15) is 11.5 Å². The molecule has 0 unspecified atom stereocenters. The molecule has 0 saturated carbocycles. The van der Waals surface area contributed by atoms with Crippen LogP contribution in [0.2, 0.25) is 0 Å². The Labute approximate surface area is 145 Å². The van der Waals surface area contributed by atoms with Crippen LogP contribution in [-0.4, -0.2) is 23.0 Å². The molecule has 1 amide bonds. The van der Waals surface area contributed by atoms with E-state index in [9.17, 15) is 20.0 Å². The number of nitrogens with zero attached hydrogens (tertiary/aromatic N) is 1. The second-order valence-corrected chi connectivity index (χ2v) is 6.58. The van der Waals surface area contributed by atoms with Gasteiger partial charge in [-0.2, -0.15) is 0 Å². The van der Waals surface area contributed by atoms with Crippen LogP contribution < -0.4 is 10.1 Å². The van der Waals surface area contributed by atoms with Crippen molar-refractivity contribution in [3.63, 3.8) is 0 Å². The van der Waals surface area contributed by atoms with Gasteiger partial charge in [0.15, 0.2) is 0 Å². The standard InChI is InChI=1S/C18H20N2O5/c1-18(2,3)11-5-8-15(21)13(9-11)17(22)19-14-7-6-12(20(23)24)10-16(14)25-4/h5-10,21H,1-4H3,(H,19,22). The molecule has 7 heteroatoms. The van der Waals surface area contributed by atoms with Crippen LogP contribution in [0.25, 0.3) is 0 Å². The molecule has 2 aromatic carbocycles. The Morgan fingerprint density at radius 1 is 1.20 bits per heavy atom. The number of benzene rings is 2. The number of phenolic OH excluding ortho intramolecular Hbond substituents is 1. The molecule has 25 heavy (non-hydrogen) atoms. The summed E-state index contributed by atoms with van der Waals surface area (Å²) in [4.78, 5) is 22.8. The van der Waals surface area contributed by atoms with Crippen molar-refractivity contribution >= 4 is 17.3 Å². The van der Waals surface area contributed by atoms with Gasteiger partial charge in [-0.25, -0.2) is 0 Å². The molecule has 0 aliphatic carbocycles. The van der Waals surface area contributed by atoms with Crippen molar-refractivity contribution in [2.75, 3.05) is 12.4 Å². The lowest BCUT2D eigenvalue weighted by atomic mass is 9.86. The first-order valence-electron chi connectivity index (χ1n) is 7.60. The van der Waals surface area contributed by atoms with Crippen molar-refractivity contribution in [1.82, 2.24) is 0 Å². The molecule has 0 bridgehead atoms. The fraction of sp³-hybridized carbons (Fsp3) is 0.278. The third-order valence-electron chi connectivity index (χ3n) is 3.75. The third-order valence-corrected chi connectivity index (χ3v) is 3.75. The van der Waals surface area contributed by atoms with Crippen LogP contribution >= 0.6 is 0 Å². The first-order chi connectivity index (χ1) is 11.6.